The molecular weight excluding hydrogens is 285 g/mol. The number of carbonyl (C=O) groups excluding carboxylic acids is 1. The van der Waals surface area contributed by atoms with Crippen LogP contribution in [0.15, 0.2) is 18.3 Å². The van der Waals surface area contributed by atoms with E-state index in [1.807, 2.05) is 0 Å². The van der Waals surface area contributed by atoms with Crippen LogP contribution in [0.1, 0.15) is 35.8 Å². The van der Waals surface area contributed by atoms with Crippen molar-refractivity contribution in [2.75, 3.05) is 0 Å². The third kappa shape index (κ3) is 3.43. The minimum atomic E-state index is -5.73. The summed E-state index contributed by atoms with van der Waals surface area (Å²) in [5.41, 5.74) is -5.53. The summed E-state index contributed by atoms with van der Waals surface area (Å²) in [6, 6.07) is 3.00. The average Bonchev–Trinajstić information content (AvgIpc) is 2.26. The molecule has 0 aliphatic rings. The summed E-state index contributed by atoms with van der Waals surface area (Å²) < 4.78 is 59.1. The minimum Gasteiger partial charge on any atom is -0.266 e. The standard InChI is InChI=1S/C10H11F3N2O3S/c1-6(2)7-4-3-5-14-8(7)9(16)15-19(17,18)10(11,12)13/h3-6H,1-2H3,(H,15,16). The van der Waals surface area contributed by atoms with Gasteiger partial charge in [0.1, 0.15) is 5.69 Å². The molecule has 0 radical (unpaired) electrons. The van der Waals surface area contributed by atoms with Crippen molar-refractivity contribution in [2.45, 2.75) is 25.3 Å². The summed E-state index contributed by atoms with van der Waals surface area (Å²) in [5, 5.41) is 0. The predicted octanol–water partition coefficient (Wildman–Crippen LogP) is 1.78. The molecule has 1 aromatic rings. The van der Waals surface area contributed by atoms with Crippen molar-refractivity contribution < 1.29 is 26.4 Å². The third-order valence-electron chi connectivity index (χ3n) is 2.21. The van der Waals surface area contributed by atoms with Crippen molar-refractivity contribution in [3.8, 4) is 0 Å². The van der Waals surface area contributed by atoms with Gasteiger partial charge in [0, 0.05) is 6.20 Å². The number of alkyl halides is 3. The SMILES string of the molecule is CC(C)c1cccnc1C(=O)NS(=O)(=O)C(F)(F)F. The monoisotopic (exact) mass is 296 g/mol. The van der Waals surface area contributed by atoms with Gasteiger partial charge < -0.3 is 0 Å². The van der Waals surface area contributed by atoms with Gasteiger partial charge in [-0.3, -0.25) is 9.78 Å². The van der Waals surface area contributed by atoms with Crippen molar-refractivity contribution in [1.82, 2.24) is 9.71 Å². The molecule has 0 saturated heterocycles. The van der Waals surface area contributed by atoms with Crippen LogP contribution in [0.5, 0.6) is 0 Å². The number of sulfonamides is 1. The summed E-state index contributed by atoms with van der Waals surface area (Å²) in [6.07, 6.45) is 1.20. The second-order valence-corrected chi connectivity index (χ2v) is 5.65. The van der Waals surface area contributed by atoms with Crippen LogP contribution >= 0.6 is 0 Å². The molecule has 0 aliphatic heterocycles. The molecule has 0 spiro atoms. The number of hydrogen-bond donors (Lipinski definition) is 1. The number of amides is 1. The first kappa shape index (κ1) is 15.4. The minimum absolute atomic E-state index is 0.192. The Balaban J connectivity index is 3.11. The molecule has 5 nitrogen and oxygen atoms in total. The Kier molecular flexibility index (Phi) is 4.18. The number of rotatable bonds is 3. The van der Waals surface area contributed by atoms with Crippen LogP contribution in [0, 0.1) is 0 Å². The first-order valence-electron chi connectivity index (χ1n) is 5.14. The molecule has 1 aromatic heterocycles. The molecule has 1 heterocycles. The maximum Gasteiger partial charge on any atom is 0.516 e. The molecule has 19 heavy (non-hydrogen) atoms. The summed E-state index contributed by atoms with van der Waals surface area (Å²) in [5.74, 6) is -1.59. The van der Waals surface area contributed by atoms with E-state index in [0.717, 1.165) is 4.72 Å². The van der Waals surface area contributed by atoms with Gasteiger partial charge in [-0.1, -0.05) is 19.9 Å². The molecular formula is C10H11F3N2O3S. The molecule has 106 valence electrons. The maximum absolute atomic E-state index is 12.1. The summed E-state index contributed by atoms with van der Waals surface area (Å²) in [6.45, 7) is 3.40. The zero-order valence-corrected chi connectivity index (χ0v) is 10.8. The van der Waals surface area contributed by atoms with E-state index >= 15 is 0 Å². The van der Waals surface area contributed by atoms with E-state index in [0.29, 0.717) is 5.56 Å². The van der Waals surface area contributed by atoms with Crippen molar-refractivity contribution in [3.05, 3.63) is 29.6 Å². The Bertz CT molecular complexity index is 582. The van der Waals surface area contributed by atoms with Gasteiger partial charge in [0.05, 0.1) is 0 Å². The largest absolute Gasteiger partial charge is 0.516 e. The molecule has 0 atom stereocenters. The van der Waals surface area contributed by atoms with Gasteiger partial charge in [-0.25, -0.2) is 4.72 Å². The van der Waals surface area contributed by atoms with Crippen LogP contribution < -0.4 is 4.72 Å². The smallest absolute Gasteiger partial charge is 0.266 e. The van der Waals surface area contributed by atoms with E-state index in [1.54, 1.807) is 13.8 Å². The van der Waals surface area contributed by atoms with Crippen LogP contribution in [0.4, 0.5) is 13.2 Å². The Morgan fingerprint density at radius 2 is 1.95 bits per heavy atom. The highest BCUT2D eigenvalue weighted by molar-refractivity contribution is 7.90. The Morgan fingerprint density at radius 3 is 2.42 bits per heavy atom. The predicted molar refractivity (Wildman–Crippen MR) is 60.8 cm³/mol. The fourth-order valence-electron chi connectivity index (χ4n) is 1.30. The number of nitrogens with one attached hydrogen (secondary N) is 1. The van der Waals surface area contributed by atoms with Crippen molar-refractivity contribution in [3.63, 3.8) is 0 Å². The zero-order chi connectivity index (χ0) is 14.8. The lowest BCUT2D eigenvalue weighted by Crippen LogP contribution is -2.40. The molecule has 1 N–H and O–H groups in total. The van der Waals surface area contributed by atoms with Gasteiger partial charge in [-0.05, 0) is 17.5 Å². The first-order valence-corrected chi connectivity index (χ1v) is 6.63. The average molecular weight is 296 g/mol. The Labute approximate surface area is 107 Å². The van der Waals surface area contributed by atoms with Crippen molar-refractivity contribution >= 4 is 15.9 Å². The van der Waals surface area contributed by atoms with Gasteiger partial charge in [0.25, 0.3) is 5.91 Å². The van der Waals surface area contributed by atoms with E-state index in [2.05, 4.69) is 4.98 Å². The maximum atomic E-state index is 12.1. The highest BCUT2D eigenvalue weighted by Gasteiger charge is 2.47. The van der Waals surface area contributed by atoms with Gasteiger partial charge in [0.2, 0.25) is 0 Å². The lowest BCUT2D eigenvalue weighted by molar-refractivity contribution is -0.0446. The second kappa shape index (κ2) is 5.16. The quantitative estimate of drug-likeness (QED) is 0.922. The van der Waals surface area contributed by atoms with Crippen molar-refractivity contribution in [2.24, 2.45) is 0 Å². The molecule has 0 aromatic carbocycles. The lowest BCUT2D eigenvalue weighted by Gasteiger charge is -2.12. The summed E-state index contributed by atoms with van der Waals surface area (Å²) in [4.78, 5) is 15.2. The van der Waals surface area contributed by atoms with Crippen LogP contribution in [-0.2, 0) is 10.0 Å². The molecule has 1 rings (SSSR count). The number of carbonyl (C=O) groups is 1. The van der Waals surface area contributed by atoms with Crippen LogP contribution in [0.25, 0.3) is 0 Å². The fraction of sp³-hybridized carbons (Fsp3) is 0.400. The molecule has 0 aliphatic carbocycles. The van der Waals surface area contributed by atoms with Gasteiger partial charge in [-0.2, -0.15) is 21.6 Å². The normalized spacial score (nSPS) is 12.5. The molecule has 0 saturated carbocycles. The van der Waals surface area contributed by atoms with Crippen LogP contribution in [0.3, 0.4) is 0 Å². The number of pyridine rings is 1. The van der Waals surface area contributed by atoms with Gasteiger partial charge in [-0.15, -0.1) is 0 Å². The van der Waals surface area contributed by atoms with E-state index in [1.165, 1.54) is 18.3 Å². The Hall–Kier alpha value is -1.64. The van der Waals surface area contributed by atoms with E-state index < -0.39 is 21.4 Å². The van der Waals surface area contributed by atoms with E-state index in [-0.39, 0.29) is 11.6 Å². The molecule has 1 amide bonds. The number of halogens is 3. The number of nitrogens with zero attached hydrogens (tertiary/aromatic N) is 1. The summed E-state index contributed by atoms with van der Waals surface area (Å²) >= 11 is 0. The Morgan fingerprint density at radius 1 is 1.37 bits per heavy atom. The highest BCUT2D eigenvalue weighted by Crippen LogP contribution is 2.23. The molecule has 0 fully saturated rings. The van der Waals surface area contributed by atoms with E-state index in [9.17, 15) is 26.4 Å². The highest BCUT2D eigenvalue weighted by atomic mass is 32.2. The van der Waals surface area contributed by atoms with Gasteiger partial charge in [0.15, 0.2) is 0 Å². The van der Waals surface area contributed by atoms with Crippen LogP contribution in [-0.4, -0.2) is 24.8 Å². The molecule has 0 unspecified atom stereocenters. The number of aromatic nitrogens is 1. The second-order valence-electron chi connectivity index (χ2n) is 3.98. The number of hydrogen-bond acceptors (Lipinski definition) is 4. The summed E-state index contributed by atoms with van der Waals surface area (Å²) in [7, 11) is -5.73. The molecule has 9 heteroatoms. The van der Waals surface area contributed by atoms with Crippen LogP contribution in [0.2, 0.25) is 0 Å². The first-order chi connectivity index (χ1) is 8.56. The zero-order valence-electron chi connectivity index (χ0n) is 10.0. The third-order valence-corrected chi connectivity index (χ3v) is 3.27. The van der Waals surface area contributed by atoms with Gasteiger partial charge >= 0.3 is 15.5 Å². The fourth-order valence-corrected chi connectivity index (χ4v) is 1.76. The lowest BCUT2D eigenvalue weighted by atomic mass is 10.0. The topological polar surface area (TPSA) is 76.1 Å². The van der Waals surface area contributed by atoms with E-state index in [4.69, 9.17) is 0 Å². The van der Waals surface area contributed by atoms with Crippen molar-refractivity contribution in [1.29, 1.82) is 0 Å². The molecule has 0 bridgehead atoms.